The van der Waals surface area contributed by atoms with Gasteiger partial charge in [0.15, 0.2) is 0 Å². The third-order valence-corrected chi connectivity index (χ3v) is 4.38. The van der Waals surface area contributed by atoms with E-state index in [4.69, 9.17) is 0 Å². The molecule has 0 aliphatic heterocycles. The van der Waals surface area contributed by atoms with E-state index in [1.165, 1.54) is 4.88 Å². The van der Waals surface area contributed by atoms with Crippen LogP contribution in [0.15, 0.2) is 29.9 Å². The Morgan fingerprint density at radius 1 is 1.47 bits per heavy atom. The molecule has 0 radical (unpaired) electrons. The lowest BCUT2D eigenvalue weighted by Crippen LogP contribution is -2.37. The topological polar surface area (TPSA) is 33.1 Å². The molecular weight excluding hydrogens is 256 g/mol. The van der Waals surface area contributed by atoms with Crippen LogP contribution in [-0.4, -0.2) is 41.1 Å². The van der Waals surface area contributed by atoms with E-state index in [9.17, 15) is 0 Å². The first-order valence-corrected chi connectivity index (χ1v) is 7.38. The monoisotopic (exact) mass is 278 g/mol. The molecule has 1 N–H and O–H groups in total. The fraction of sp³-hybridized carbons (Fsp3) is 0.500. The van der Waals surface area contributed by atoms with Crippen LogP contribution in [-0.2, 0) is 7.05 Å². The number of hydrogen-bond donors (Lipinski definition) is 1. The Hall–Kier alpha value is -1.17. The highest BCUT2D eigenvalue weighted by Gasteiger charge is 2.19. The molecule has 2 aromatic rings. The van der Waals surface area contributed by atoms with Gasteiger partial charge in [0.25, 0.3) is 0 Å². The van der Waals surface area contributed by atoms with Gasteiger partial charge in [0.1, 0.15) is 11.9 Å². The van der Waals surface area contributed by atoms with Gasteiger partial charge in [0, 0.05) is 36.9 Å². The van der Waals surface area contributed by atoms with Gasteiger partial charge in [-0.1, -0.05) is 6.07 Å². The maximum absolute atomic E-state index is 4.49. The highest BCUT2D eigenvalue weighted by atomic mass is 32.1. The van der Waals surface area contributed by atoms with Crippen molar-refractivity contribution in [3.8, 4) is 0 Å². The Labute approximate surface area is 119 Å². The van der Waals surface area contributed by atoms with Gasteiger partial charge in [-0.05, 0) is 32.5 Å². The van der Waals surface area contributed by atoms with Crippen molar-refractivity contribution in [2.24, 2.45) is 7.05 Å². The molecule has 4 nitrogen and oxygen atoms in total. The number of aryl methyl sites for hydroxylation is 1. The molecule has 0 amide bonds. The van der Waals surface area contributed by atoms with E-state index in [2.05, 4.69) is 58.3 Å². The highest BCUT2D eigenvalue weighted by Crippen LogP contribution is 2.24. The van der Waals surface area contributed by atoms with Gasteiger partial charge in [-0.25, -0.2) is 4.98 Å². The summed E-state index contributed by atoms with van der Waals surface area (Å²) in [5.74, 6) is 1.06. The molecule has 0 saturated carbocycles. The summed E-state index contributed by atoms with van der Waals surface area (Å²) in [7, 11) is 6.25. The van der Waals surface area contributed by atoms with Crippen LogP contribution >= 0.6 is 11.3 Å². The number of nitrogens with one attached hydrogen (secondary N) is 1. The summed E-state index contributed by atoms with van der Waals surface area (Å²) in [5.41, 5.74) is 0. The van der Waals surface area contributed by atoms with Gasteiger partial charge in [-0.15, -0.1) is 11.3 Å². The van der Waals surface area contributed by atoms with Crippen molar-refractivity contribution in [2.75, 3.05) is 20.6 Å². The third-order valence-electron chi connectivity index (χ3n) is 3.44. The van der Waals surface area contributed by atoms with Crippen LogP contribution in [0.3, 0.4) is 0 Å². The van der Waals surface area contributed by atoms with Crippen LogP contribution in [0.2, 0.25) is 0 Å². The van der Waals surface area contributed by atoms with Crippen molar-refractivity contribution < 1.29 is 0 Å². The maximum Gasteiger partial charge on any atom is 0.131 e. The number of imidazole rings is 1. The van der Waals surface area contributed by atoms with Crippen LogP contribution in [0, 0.1) is 0 Å². The zero-order chi connectivity index (χ0) is 13.8. The zero-order valence-corrected chi connectivity index (χ0v) is 12.8. The first-order chi connectivity index (χ1) is 9.09. The minimum atomic E-state index is 0.169. The first-order valence-electron chi connectivity index (χ1n) is 6.50. The molecule has 0 bridgehead atoms. The number of rotatable bonds is 6. The number of thiophene rings is 1. The lowest BCUT2D eigenvalue weighted by Gasteiger charge is -2.24. The summed E-state index contributed by atoms with van der Waals surface area (Å²) in [5, 5.41) is 5.75. The van der Waals surface area contributed by atoms with Crippen molar-refractivity contribution in [1.82, 2.24) is 19.8 Å². The average molecular weight is 278 g/mol. The Morgan fingerprint density at radius 2 is 2.26 bits per heavy atom. The minimum absolute atomic E-state index is 0.169. The fourth-order valence-electron chi connectivity index (χ4n) is 1.90. The van der Waals surface area contributed by atoms with Crippen molar-refractivity contribution in [1.29, 1.82) is 0 Å². The molecule has 104 valence electrons. The number of aromatic nitrogens is 2. The summed E-state index contributed by atoms with van der Waals surface area (Å²) in [4.78, 5) is 8.01. The minimum Gasteiger partial charge on any atom is -0.336 e. The fourth-order valence-corrected chi connectivity index (χ4v) is 2.70. The smallest absolute Gasteiger partial charge is 0.131 e. The molecule has 0 spiro atoms. The van der Waals surface area contributed by atoms with Crippen molar-refractivity contribution in [2.45, 2.75) is 19.0 Å². The predicted molar refractivity (Wildman–Crippen MR) is 80.5 cm³/mol. The van der Waals surface area contributed by atoms with Gasteiger partial charge < -0.3 is 14.8 Å². The van der Waals surface area contributed by atoms with Crippen LogP contribution in [0.25, 0.3) is 0 Å². The van der Waals surface area contributed by atoms with Crippen LogP contribution < -0.4 is 5.32 Å². The molecule has 0 saturated heterocycles. The van der Waals surface area contributed by atoms with Crippen molar-refractivity contribution in [3.05, 3.63) is 40.6 Å². The van der Waals surface area contributed by atoms with E-state index >= 15 is 0 Å². The van der Waals surface area contributed by atoms with E-state index in [0.29, 0.717) is 6.04 Å². The standard InChI is InChI=1S/C14H22N4S/c1-11(17(2)3)10-16-13(12-6-5-9-19-12)14-15-7-8-18(14)4/h5-9,11,13,16H,10H2,1-4H3. The second kappa shape index (κ2) is 6.32. The molecular formula is C14H22N4S. The lowest BCUT2D eigenvalue weighted by molar-refractivity contribution is 0.296. The molecule has 0 fully saturated rings. The van der Waals surface area contributed by atoms with Crippen molar-refractivity contribution >= 4 is 11.3 Å². The van der Waals surface area contributed by atoms with E-state index in [-0.39, 0.29) is 6.04 Å². The quantitative estimate of drug-likeness (QED) is 0.878. The molecule has 2 atom stereocenters. The lowest BCUT2D eigenvalue weighted by atomic mass is 10.2. The molecule has 0 aromatic carbocycles. The number of hydrogen-bond acceptors (Lipinski definition) is 4. The van der Waals surface area contributed by atoms with Crippen molar-refractivity contribution in [3.63, 3.8) is 0 Å². The largest absolute Gasteiger partial charge is 0.336 e. The van der Waals surface area contributed by atoms with Gasteiger partial charge in [-0.3, -0.25) is 0 Å². The third kappa shape index (κ3) is 3.43. The second-order valence-corrected chi connectivity index (χ2v) is 6.04. The molecule has 5 heteroatoms. The number of nitrogens with zero attached hydrogens (tertiary/aromatic N) is 3. The second-order valence-electron chi connectivity index (χ2n) is 5.07. The maximum atomic E-state index is 4.49. The van der Waals surface area contributed by atoms with Gasteiger partial charge in [0.2, 0.25) is 0 Å². The number of likely N-dealkylation sites (N-methyl/N-ethyl adjacent to an activating group) is 1. The molecule has 0 aliphatic rings. The predicted octanol–water partition coefficient (Wildman–Crippen LogP) is 2.11. The average Bonchev–Trinajstić information content (AvgIpc) is 3.02. The molecule has 19 heavy (non-hydrogen) atoms. The molecule has 0 aliphatic carbocycles. The SMILES string of the molecule is CC(CNC(c1cccs1)c1nccn1C)N(C)C. The Kier molecular flexibility index (Phi) is 4.74. The van der Waals surface area contributed by atoms with E-state index in [0.717, 1.165) is 12.4 Å². The molecule has 2 unspecified atom stereocenters. The molecule has 2 aromatic heterocycles. The van der Waals surface area contributed by atoms with E-state index < -0.39 is 0 Å². The Morgan fingerprint density at radius 3 is 2.79 bits per heavy atom. The highest BCUT2D eigenvalue weighted by molar-refractivity contribution is 7.10. The molecule has 2 rings (SSSR count). The van der Waals surface area contributed by atoms with Crippen LogP contribution in [0.4, 0.5) is 0 Å². The van der Waals surface area contributed by atoms with Gasteiger partial charge in [-0.2, -0.15) is 0 Å². The van der Waals surface area contributed by atoms with Crippen LogP contribution in [0.5, 0.6) is 0 Å². The summed E-state index contributed by atoms with van der Waals surface area (Å²) >= 11 is 1.77. The molecule has 2 heterocycles. The van der Waals surface area contributed by atoms with Gasteiger partial charge >= 0.3 is 0 Å². The van der Waals surface area contributed by atoms with Gasteiger partial charge in [0.05, 0.1) is 0 Å². The zero-order valence-electron chi connectivity index (χ0n) is 12.0. The Bertz CT molecular complexity index is 489. The Balaban J connectivity index is 2.15. The summed E-state index contributed by atoms with van der Waals surface area (Å²) in [6.45, 7) is 3.15. The van der Waals surface area contributed by atoms with E-state index in [1.807, 2.05) is 19.4 Å². The van der Waals surface area contributed by atoms with Crippen LogP contribution in [0.1, 0.15) is 23.7 Å². The first kappa shape index (κ1) is 14.2. The summed E-state index contributed by atoms with van der Waals surface area (Å²) < 4.78 is 2.08. The summed E-state index contributed by atoms with van der Waals surface area (Å²) in [6.07, 6.45) is 3.85. The summed E-state index contributed by atoms with van der Waals surface area (Å²) in [6, 6.07) is 4.91. The normalized spacial score (nSPS) is 14.8. The van der Waals surface area contributed by atoms with E-state index in [1.54, 1.807) is 11.3 Å².